The van der Waals surface area contributed by atoms with Gasteiger partial charge in [-0.1, -0.05) is 36.4 Å². The summed E-state index contributed by atoms with van der Waals surface area (Å²) in [6.07, 6.45) is 1.61. The minimum atomic E-state index is -0.118. The summed E-state index contributed by atoms with van der Waals surface area (Å²) in [4.78, 5) is 0. The second-order valence-electron chi connectivity index (χ2n) is 5.24. The van der Waals surface area contributed by atoms with Gasteiger partial charge in [-0.25, -0.2) is 4.39 Å². The van der Waals surface area contributed by atoms with Gasteiger partial charge in [0.25, 0.3) is 0 Å². The van der Waals surface area contributed by atoms with Gasteiger partial charge in [-0.3, -0.25) is 0 Å². The third-order valence-electron chi connectivity index (χ3n) is 3.86. The molecular weight excluding hydrogens is 281 g/mol. The summed E-state index contributed by atoms with van der Waals surface area (Å²) in [7, 11) is 1.94. The van der Waals surface area contributed by atoms with E-state index in [1.807, 2.05) is 19.2 Å². The van der Waals surface area contributed by atoms with Crippen LogP contribution in [-0.2, 0) is 12.8 Å². The van der Waals surface area contributed by atoms with Crippen LogP contribution in [0.4, 0.5) is 4.39 Å². The van der Waals surface area contributed by atoms with Crippen LogP contribution < -0.4 is 5.32 Å². The highest BCUT2D eigenvalue weighted by atomic mass is 32.1. The molecule has 1 unspecified atom stereocenters. The highest BCUT2D eigenvalue weighted by Gasteiger charge is 2.13. The number of fused-ring (bicyclic) bond motifs is 1. The molecule has 0 aliphatic heterocycles. The van der Waals surface area contributed by atoms with Gasteiger partial charge >= 0.3 is 0 Å². The maximum atomic E-state index is 13.8. The largest absolute Gasteiger partial charge is 0.316 e. The summed E-state index contributed by atoms with van der Waals surface area (Å²) in [5.41, 5.74) is 2.11. The van der Waals surface area contributed by atoms with Crippen LogP contribution in [-0.4, -0.2) is 13.1 Å². The molecular formula is C18H18FNS. The summed E-state index contributed by atoms with van der Waals surface area (Å²) >= 11 is 1.77. The third kappa shape index (κ3) is 3.14. The van der Waals surface area contributed by atoms with Crippen molar-refractivity contribution in [2.75, 3.05) is 7.05 Å². The fourth-order valence-electron chi connectivity index (χ4n) is 2.66. The van der Waals surface area contributed by atoms with Gasteiger partial charge in [-0.2, -0.15) is 0 Å². The van der Waals surface area contributed by atoms with E-state index in [1.54, 1.807) is 17.4 Å². The standard InChI is InChI=1S/C18H18FNS/c1-20-15(10-13-6-2-4-8-17(13)19)11-14-12-21-18-9-5-3-7-16(14)18/h2-9,12,15,20H,10-11H2,1H3. The van der Waals surface area contributed by atoms with Gasteiger partial charge in [0.15, 0.2) is 0 Å². The van der Waals surface area contributed by atoms with E-state index in [0.717, 1.165) is 12.0 Å². The minimum absolute atomic E-state index is 0.118. The Morgan fingerprint density at radius 2 is 1.71 bits per heavy atom. The molecule has 0 radical (unpaired) electrons. The van der Waals surface area contributed by atoms with Crippen molar-refractivity contribution in [3.05, 3.63) is 70.9 Å². The molecule has 0 saturated heterocycles. The third-order valence-corrected chi connectivity index (χ3v) is 4.87. The maximum Gasteiger partial charge on any atom is 0.126 e. The van der Waals surface area contributed by atoms with Crippen molar-refractivity contribution < 1.29 is 4.39 Å². The average Bonchev–Trinajstić information content (AvgIpc) is 2.92. The Bertz CT molecular complexity index is 735. The molecule has 1 atom stereocenters. The molecule has 1 nitrogen and oxygen atoms in total. The van der Waals surface area contributed by atoms with E-state index in [0.29, 0.717) is 6.42 Å². The number of nitrogens with one attached hydrogen (secondary N) is 1. The van der Waals surface area contributed by atoms with Crippen LogP contribution >= 0.6 is 11.3 Å². The Hall–Kier alpha value is -1.71. The fraction of sp³-hybridized carbons (Fsp3) is 0.222. The van der Waals surface area contributed by atoms with Crippen molar-refractivity contribution in [3.8, 4) is 0 Å². The zero-order valence-corrected chi connectivity index (χ0v) is 12.8. The molecule has 108 valence electrons. The number of thiophene rings is 1. The van der Waals surface area contributed by atoms with Crippen molar-refractivity contribution in [1.29, 1.82) is 0 Å². The molecule has 0 aliphatic carbocycles. The Kier molecular flexibility index (Phi) is 4.32. The molecule has 3 heteroatoms. The van der Waals surface area contributed by atoms with E-state index in [-0.39, 0.29) is 11.9 Å². The summed E-state index contributed by atoms with van der Waals surface area (Å²) < 4.78 is 15.1. The summed E-state index contributed by atoms with van der Waals surface area (Å²) in [6.45, 7) is 0. The van der Waals surface area contributed by atoms with E-state index in [2.05, 4.69) is 35.0 Å². The van der Waals surface area contributed by atoms with Crippen LogP contribution in [0.3, 0.4) is 0 Å². The first-order valence-electron chi connectivity index (χ1n) is 7.13. The molecule has 1 N–H and O–H groups in total. The Balaban J connectivity index is 1.80. The van der Waals surface area contributed by atoms with Crippen molar-refractivity contribution >= 4 is 21.4 Å². The normalized spacial score (nSPS) is 12.7. The second-order valence-corrected chi connectivity index (χ2v) is 6.15. The maximum absolute atomic E-state index is 13.8. The zero-order valence-electron chi connectivity index (χ0n) is 12.0. The predicted molar refractivity (Wildman–Crippen MR) is 88.5 cm³/mol. The van der Waals surface area contributed by atoms with Crippen LogP contribution in [0.25, 0.3) is 10.1 Å². The number of hydrogen-bond donors (Lipinski definition) is 1. The average molecular weight is 299 g/mol. The predicted octanol–water partition coefficient (Wildman–Crippen LogP) is 4.41. The quantitative estimate of drug-likeness (QED) is 0.735. The lowest BCUT2D eigenvalue weighted by atomic mass is 9.98. The minimum Gasteiger partial charge on any atom is -0.316 e. The zero-order chi connectivity index (χ0) is 14.7. The van der Waals surface area contributed by atoms with Crippen LogP contribution in [0, 0.1) is 5.82 Å². The van der Waals surface area contributed by atoms with Gasteiger partial charge in [0.05, 0.1) is 0 Å². The van der Waals surface area contributed by atoms with E-state index >= 15 is 0 Å². The van der Waals surface area contributed by atoms with Crippen molar-refractivity contribution in [3.63, 3.8) is 0 Å². The number of halogens is 1. The monoisotopic (exact) mass is 299 g/mol. The lowest BCUT2D eigenvalue weighted by molar-refractivity contribution is 0.533. The fourth-order valence-corrected chi connectivity index (χ4v) is 3.64. The van der Waals surface area contributed by atoms with E-state index in [4.69, 9.17) is 0 Å². The van der Waals surface area contributed by atoms with Crippen LogP contribution in [0.5, 0.6) is 0 Å². The molecule has 0 saturated carbocycles. The second kappa shape index (κ2) is 6.37. The molecule has 0 aliphatic rings. The number of likely N-dealkylation sites (N-methyl/N-ethyl adjacent to an activating group) is 1. The summed E-state index contributed by atoms with van der Waals surface area (Å²) in [5.74, 6) is -0.118. The molecule has 0 fully saturated rings. The van der Waals surface area contributed by atoms with Gasteiger partial charge in [0.1, 0.15) is 5.82 Å². The first-order valence-corrected chi connectivity index (χ1v) is 8.01. The van der Waals surface area contributed by atoms with Gasteiger partial charge in [-0.15, -0.1) is 11.3 Å². The molecule has 1 heterocycles. The molecule has 0 bridgehead atoms. The van der Waals surface area contributed by atoms with Gasteiger partial charge in [0.2, 0.25) is 0 Å². The molecule has 2 aromatic carbocycles. The van der Waals surface area contributed by atoms with Gasteiger partial charge in [0, 0.05) is 10.7 Å². The van der Waals surface area contributed by atoms with Gasteiger partial charge in [-0.05, 0) is 53.9 Å². The topological polar surface area (TPSA) is 12.0 Å². The molecule has 1 aromatic heterocycles. The molecule has 3 aromatic rings. The molecule has 0 amide bonds. The first-order chi connectivity index (χ1) is 10.3. The highest BCUT2D eigenvalue weighted by Crippen LogP contribution is 2.27. The van der Waals surface area contributed by atoms with Crippen molar-refractivity contribution in [2.45, 2.75) is 18.9 Å². The van der Waals surface area contributed by atoms with Gasteiger partial charge < -0.3 is 5.32 Å². The Morgan fingerprint density at radius 1 is 1.00 bits per heavy atom. The lowest BCUT2D eigenvalue weighted by Gasteiger charge is -2.16. The van der Waals surface area contributed by atoms with Crippen LogP contribution in [0.1, 0.15) is 11.1 Å². The lowest BCUT2D eigenvalue weighted by Crippen LogP contribution is -2.30. The molecule has 21 heavy (non-hydrogen) atoms. The first kappa shape index (κ1) is 14.2. The summed E-state index contributed by atoms with van der Waals surface area (Å²) in [5, 5.41) is 6.85. The SMILES string of the molecule is CNC(Cc1ccccc1F)Cc1csc2ccccc12. The van der Waals surface area contributed by atoms with Crippen molar-refractivity contribution in [2.24, 2.45) is 0 Å². The van der Waals surface area contributed by atoms with Crippen LogP contribution in [0.2, 0.25) is 0 Å². The summed E-state index contributed by atoms with van der Waals surface area (Å²) in [6, 6.07) is 15.7. The highest BCUT2D eigenvalue weighted by molar-refractivity contribution is 7.17. The van der Waals surface area contributed by atoms with E-state index in [1.165, 1.54) is 21.7 Å². The number of hydrogen-bond acceptors (Lipinski definition) is 2. The Labute approximate surface area is 128 Å². The number of rotatable bonds is 5. The Morgan fingerprint density at radius 3 is 2.52 bits per heavy atom. The van der Waals surface area contributed by atoms with E-state index < -0.39 is 0 Å². The van der Waals surface area contributed by atoms with E-state index in [9.17, 15) is 4.39 Å². The molecule has 0 spiro atoms. The number of benzene rings is 2. The molecule has 3 rings (SSSR count). The smallest absolute Gasteiger partial charge is 0.126 e. The van der Waals surface area contributed by atoms with Crippen LogP contribution in [0.15, 0.2) is 53.9 Å². The van der Waals surface area contributed by atoms with Crippen molar-refractivity contribution in [1.82, 2.24) is 5.32 Å².